The number of aldehydes is 2. The third-order valence-corrected chi connectivity index (χ3v) is 6.66. The van der Waals surface area contributed by atoms with Crippen molar-refractivity contribution in [2.75, 3.05) is 13.2 Å². The monoisotopic (exact) mass is 344 g/mol. The van der Waals surface area contributed by atoms with Gasteiger partial charge in [0.05, 0.1) is 18.6 Å². The highest BCUT2D eigenvalue weighted by atomic mass is 16.7. The minimum absolute atomic E-state index is 0.00855. The number of hydrogen-bond acceptors (Lipinski definition) is 5. The van der Waals surface area contributed by atoms with Gasteiger partial charge in [0, 0.05) is 12.8 Å². The zero-order chi connectivity index (χ0) is 17.7. The Morgan fingerprint density at radius 2 is 1.88 bits per heavy atom. The van der Waals surface area contributed by atoms with Crippen LogP contribution in [-0.2, 0) is 23.9 Å². The van der Waals surface area contributed by atoms with E-state index in [0.29, 0.717) is 32.5 Å². The van der Waals surface area contributed by atoms with Gasteiger partial charge in [-0.2, -0.15) is 0 Å². The number of rotatable bonds is 3. The van der Waals surface area contributed by atoms with Gasteiger partial charge in [0.15, 0.2) is 5.79 Å². The summed E-state index contributed by atoms with van der Waals surface area (Å²) in [5.41, 5.74) is 2.07. The van der Waals surface area contributed by atoms with Crippen molar-refractivity contribution in [3.05, 3.63) is 22.8 Å². The van der Waals surface area contributed by atoms with Gasteiger partial charge in [0.25, 0.3) is 0 Å². The van der Waals surface area contributed by atoms with Crippen LogP contribution in [0.25, 0.3) is 0 Å². The van der Waals surface area contributed by atoms with Crippen LogP contribution in [0.15, 0.2) is 22.8 Å². The molecule has 0 aromatic rings. The van der Waals surface area contributed by atoms with Crippen LogP contribution in [0.4, 0.5) is 0 Å². The summed E-state index contributed by atoms with van der Waals surface area (Å²) in [6, 6.07) is 0. The first-order chi connectivity index (χ1) is 12.0. The predicted octanol–water partition coefficient (Wildman–Crippen LogP) is 2.54. The van der Waals surface area contributed by atoms with Crippen LogP contribution in [0.1, 0.15) is 45.4 Å². The molecule has 4 rings (SSSR count). The molecule has 0 aromatic heterocycles. The molecule has 3 atom stereocenters. The van der Waals surface area contributed by atoms with Gasteiger partial charge in [-0.15, -0.1) is 0 Å². The fraction of sp³-hybridized carbons (Fsp3) is 0.650. The molecule has 134 valence electrons. The van der Waals surface area contributed by atoms with Gasteiger partial charge in [0.2, 0.25) is 0 Å². The van der Waals surface area contributed by atoms with E-state index in [1.165, 1.54) is 0 Å². The molecule has 0 radical (unpaired) electrons. The van der Waals surface area contributed by atoms with Crippen molar-refractivity contribution < 1.29 is 23.9 Å². The molecule has 5 heteroatoms. The van der Waals surface area contributed by atoms with Gasteiger partial charge in [-0.25, -0.2) is 0 Å². The average Bonchev–Trinajstić information content (AvgIpc) is 3.19. The van der Waals surface area contributed by atoms with Gasteiger partial charge in [-0.05, 0) is 67.2 Å². The molecule has 1 spiro atoms. The number of Topliss-reactive ketones (excluding diaryl/α,β-unsaturated/α-hetero) is 1. The van der Waals surface area contributed by atoms with Crippen molar-refractivity contribution in [3.63, 3.8) is 0 Å². The van der Waals surface area contributed by atoms with E-state index < -0.39 is 11.2 Å². The largest absolute Gasteiger partial charge is 0.344 e. The molecule has 0 aromatic carbocycles. The quantitative estimate of drug-likeness (QED) is 0.581. The molecule has 0 bridgehead atoms. The average molecular weight is 344 g/mol. The lowest BCUT2D eigenvalue weighted by Crippen LogP contribution is -2.38. The molecule has 1 aliphatic heterocycles. The lowest BCUT2D eigenvalue weighted by atomic mass is 9.64. The van der Waals surface area contributed by atoms with Crippen molar-refractivity contribution in [1.82, 2.24) is 0 Å². The molecule has 25 heavy (non-hydrogen) atoms. The maximum Gasteiger partial charge on any atom is 0.188 e. The molecule has 4 aliphatic rings. The zero-order valence-corrected chi connectivity index (χ0v) is 14.6. The molecular weight excluding hydrogens is 320 g/mol. The molecule has 5 nitrogen and oxygen atoms in total. The minimum Gasteiger partial charge on any atom is -0.344 e. The highest BCUT2D eigenvalue weighted by Crippen LogP contribution is 2.52. The SMILES string of the molecule is C[C@@]1(C=O)C(=O)CCC1C1CCC2=CC3(CCC2=C1C=O)OCCO3. The summed E-state index contributed by atoms with van der Waals surface area (Å²) in [6.07, 6.45) is 8.03. The topological polar surface area (TPSA) is 69.7 Å². The van der Waals surface area contributed by atoms with E-state index >= 15 is 0 Å². The van der Waals surface area contributed by atoms with Crippen LogP contribution in [0.2, 0.25) is 0 Å². The molecule has 2 fully saturated rings. The molecule has 2 unspecified atom stereocenters. The summed E-state index contributed by atoms with van der Waals surface area (Å²) < 4.78 is 11.6. The second-order valence-corrected chi connectivity index (χ2v) is 7.84. The Labute approximate surface area is 147 Å². The number of hydrogen-bond donors (Lipinski definition) is 0. The van der Waals surface area contributed by atoms with Gasteiger partial charge < -0.3 is 14.3 Å². The van der Waals surface area contributed by atoms with Crippen LogP contribution in [0.3, 0.4) is 0 Å². The summed E-state index contributed by atoms with van der Waals surface area (Å²) in [7, 11) is 0. The van der Waals surface area contributed by atoms with E-state index in [4.69, 9.17) is 9.47 Å². The van der Waals surface area contributed by atoms with Crippen LogP contribution >= 0.6 is 0 Å². The maximum absolute atomic E-state index is 12.2. The summed E-state index contributed by atoms with van der Waals surface area (Å²) in [5, 5.41) is 0. The lowest BCUT2D eigenvalue weighted by molar-refractivity contribution is -0.133. The summed E-state index contributed by atoms with van der Waals surface area (Å²) >= 11 is 0. The van der Waals surface area contributed by atoms with Crippen LogP contribution in [0, 0.1) is 17.3 Å². The van der Waals surface area contributed by atoms with Crippen molar-refractivity contribution in [2.24, 2.45) is 17.3 Å². The summed E-state index contributed by atoms with van der Waals surface area (Å²) in [6.45, 7) is 2.95. The van der Waals surface area contributed by atoms with E-state index in [0.717, 1.165) is 48.6 Å². The van der Waals surface area contributed by atoms with Gasteiger partial charge in [-0.3, -0.25) is 9.59 Å². The fourth-order valence-electron chi connectivity index (χ4n) is 5.24. The Balaban J connectivity index is 1.71. The highest BCUT2D eigenvalue weighted by molar-refractivity contribution is 6.00. The first kappa shape index (κ1) is 16.9. The van der Waals surface area contributed by atoms with E-state index in [1.807, 2.05) is 0 Å². The second-order valence-electron chi connectivity index (χ2n) is 7.84. The normalized spacial score (nSPS) is 37.2. The number of fused-ring (bicyclic) bond motifs is 1. The Hall–Kier alpha value is -1.59. The zero-order valence-electron chi connectivity index (χ0n) is 14.6. The molecule has 0 amide bonds. The van der Waals surface area contributed by atoms with Crippen LogP contribution < -0.4 is 0 Å². The maximum atomic E-state index is 12.2. The Morgan fingerprint density at radius 3 is 2.56 bits per heavy atom. The number of ether oxygens (including phenoxy) is 2. The predicted molar refractivity (Wildman–Crippen MR) is 89.7 cm³/mol. The van der Waals surface area contributed by atoms with E-state index in [-0.39, 0.29) is 17.6 Å². The number of allylic oxidation sites excluding steroid dienone is 3. The standard InChI is InChI=1S/C20H24O5/c1-19(12-22)17(4-5-18(19)23)15-3-2-13-10-20(24-8-9-25-20)7-6-14(13)16(15)11-21/h10-12,15,17H,2-9H2,1H3/t15?,17?,19-/m0/s1. The Bertz CT molecular complexity index is 682. The highest BCUT2D eigenvalue weighted by Gasteiger charge is 2.51. The van der Waals surface area contributed by atoms with E-state index in [9.17, 15) is 14.4 Å². The number of carbonyl (C=O) groups is 3. The van der Waals surface area contributed by atoms with E-state index in [2.05, 4.69) is 6.08 Å². The van der Waals surface area contributed by atoms with Crippen molar-refractivity contribution in [1.29, 1.82) is 0 Å². The molecule has 0 N–H and O–H groups in total. The summed E-state index contributed by atoms with van der Waals surface area (Å²) in [4.78, 5) is 35.9. The van der Waals surface area contributed by atoms with Crippen molar-refractivity contribution in [2.45, 2.75) is 51.2 Å². The molecule has 1 saturated heterocycles. The molecule has 1 saturated carbocycles. The molecular formula is C20H24O5. The van der Waals surface area contributed by atoms with Crippen molar-refractivity contribution >= 4 is 18.4 Å². The van der Waals surface area contributed by atoms with Gasteiger partial charge >= 0.3 is 0 Å². The summed E-state index contributed by atoms with van der Waals surface area (Å²) in [5.74, 6) is -0.674. The van der Waals surface area contributed by atoms with Crippen LogP contribution in [-0.4, -0.2) is 37.4 Å². The van der Waals surface area contributed by atoms with E-state index in [1.54, 1.807) is 6.92 Å². The Kier molecular flexibility index (Phi) is 4.04. The first-order valence-corrected chi connectivity index (χ1v) is 9.21. The third kappa shape index (κ3) is 2.48. The van der Waals surface area contributed by atoms with Gasteiger partial charge in [0.1, 0.15) is 18.4 Å². The lowest BCUT2D eigenvalue weighted by Gasteiger charge is -2.40. The third-order valence-electron chi connectivity index (χ3n) is 6.66. The first-order valence-electron chi connectivity index (χ1n) is 9.21. The number of ketones is 1. The van der Waals surface area contributed by atoms with Crippen LogP contribution in [0.5, 0.6) is 0 Å². The van der Waals surface area contributed by atoms with Gasteiger partial charge in [-0.1, -0.05) is 0 Å². The van der Waals surface area contributed by atoms with Crippen molar-refractivity contribution in [3.8, 4) is 0 Å². The smallest absolute Gasteiger partial charge is 0.188 e. The molecule has 3 aliphatic carbocycles. The number of carbonyl (C=O) groups excluding carboxylic acids is 3. The Morgan fingerprint density at radius 1 is 1.12 bits per heavy atom. The fourth-order valence-corrected chi connectivity index (χ4v) is 5.24. The second kappa shape index (κ2) is 5.99. The minimum atomic E-state index is -0.950. The molecule has 1 heterocycles.